The minimum Gasteiger partial charge on any atom is -0.353 e. The van der Waals surface area contributed by atoms with E-state index in [0.29, 0.717) is 6.61 Å². The van der Waals surface area contributed by atoms with E-state index in [9.17, 15) is 0 Å². The van der Waals surface area contributed by atoms with Gasteiger partial charge in [-0.1, -0.05) is 0 Å². The van der Waals surface area contributed by atoms with Crippen LogP contribution in [0.4, 0.5) is 0 Å². The zero-order chi connectivity index (χ0) is 13.9. The molecule has 0 spiro atoms. The van der Waals surface area contributed by atoms with Gasteiger partial charge in [-0.2, -0.15) is 0 Å². The van der Waals surface area contributed by atoms with Crippen LogP contribution < -0.4 is 0 Å². The molecular weight excluding hydrogens is 369 g/mol. The van der Waals surface area contributed by atoms with E-state index < -0.39 is 0 Å². The summed E-state index contributed by atoms with van der Waals surface area (Å²) in [6.45, 7) is 3.59. The first-order chi connectivity index (χ1) is 9.75. The zero-order valence-corrected chi connectivity index (χ0v) is 13.6. The molecule has 108 valence electrons. The molecule has 2 aromatic heterocycles. The average molecular weight is 387 g/mol. The Balaban J connectivity index is 1.70. The lowest BCUT2D eigenvalue weighted by Gasteiger charge is -2.24. The molecule has 0 aliphatic carbocycles. The molecule has 2 aromatic rings. The van der Waals surface area contributed by atoms with E-state index in [-0.39, 0.29) is 12.3 Å². The standard InChI is InChI=1S/C14H18IN3O2/c1-10(8-20-13-4-2-3-5-19-13)18-7-12(15)11-6-16-9-17-14(11)18/h6-7,9-10,13H,2-5,8H2,1H3/t10-,13-/m1/s1. The number of hydrogen-bond acceptors (Lipinski definition) is 4. The molecule has 1 aliphatic heterocycles. The van der Waals surface area contributed by atoms with Gasteiger partial charge in [0.25, 0.3) is 0 Å². The summed E-state index contributed by atoms with van der Waals surface area (Å²) in [5.74, 6) is 0. The van der Waals surface area contributed by atoms with Gasteiger partial charge in [0.1, 0.15) is 12.0 Å². The highest BCUT2D eigenvalue weighted by molar-refractivity contribution is 14.1. The van der Waals surface area contributed by atoms with Gasteiger partial charge in [0, 0.05) is 22.6 Å². The molecule has 0 saturated carbocycles. The molecule has 1 fully saturated rings. The van der Waals surface area contributed by atoms with Crippen molar-refractivity contribution < 1.29 is 9.47 Å². The summed E-state index contributed by atoms with van der Waals surface area (Å²) >= 11 is 2.32. The van der Waals surface area contributed by atoms with Gasteiger partial charge in [-0.05, 0) is 48.8 Å². The van der Waals surface area contributed by atoms with Crippen molar-refractivity contribution in [1.29, 1.82) is 0 Å². The van der Waals surface area contributed by atoms with Gasteiger partial charge in [0.05, 0.1) is 18.0 Å². The van der Waals surface area contributed by atoms with Crippen LogP contribution in [0.3, 0.4) is 0 Å². The predicted molar refractivity (Wildman–Crippen MR) is 84.5 cm³/mol. The van der Waals surface area contributed by atoms with Gasteiger partial charge in [0.2, 0.25) is 0 Å². The Hall–Kier alpha value is -0.730. The third-order valence-corrected chi connectivity index (χ3v) is 4.44. The highest BCUT2D eigenvalue weighted by Crippen LogP contribution is 2.24. The number of aromatic nitrogens is 3. The summed E-state index contributed by atoms with van der Waals surface area (Å²) in [5, 5.41) is 1.09. The monoisotopic (exact) mass is 387 g/mol. The smallest absolute Gasteiger partial charge is 0.157 e. The van der Waals surface area contributed by atoms with Crippen molar-refractivity contribution in [1.82, 2.24) is 14.5 Å². The molecule has 5 nitrogen and oxygen atoms in total. The molecule has 3 heterocycles. The zero-order valence-electron chi connectivity index (χ0n) is 11.5. The number of ether oxygens (including phenoxy) is 2. The molecule has 0 amide bonds. The average Bonchev–Trinajstić information content (AvgIpc) is 2.84. The van der Waals surface area contributed by atoms with Gasteiger partial charge in [-0.3, -0.25) is 0 Å². The van der Waals surface area contributed by atoms with E-state index in [4.69, 9.17) is 9.47 Å². The number of halogens is 1. The maximum atomic E-state index is 5.87. The normalized spacial score (nSPS) is 21.2. The molecule has 3 rings (SSSR count). The third kappa shape index (κ3) is 2.96. The summed E-state index contributed by atoms with van der Waals surface area (Å²) in [4.78, 5) is 8.46. The molecule has 6 heteroatoms. The molecule has 1 aliphatic rings. The van der Waals surface area contributed by atoms with Crippen molar-refractivity contribution in [2.75, 3.05) is 13.2 Å². The molecule has 0 bridgehead atoms. The van der Waals surface area contributed by atoms with Crippen molar-refractivity contribution in [3.63, 3.8) is 0 Å². The van der Waals surface area contributed by atoms with Crippen molar-refractivity contribution in [3.8, 4) is 0 Å². The predicted octanol–water partition coefficient (Wildman–Crippen LogP) is 3.14. The summed E-state index contributed by atoms with van der Waals surface area (Å²) in [6.07, 6.45) is 8.85. The molecular formula is C14H18IN3O2. The van der Waals surface area contributed by atoms with E-state index in [1.54, 1.807) is 6.33 Å². The number of hydrogen-bond donors (Lipinski definition) is 0. The minimum atomic E-state index is -0.0401. The Labute approximate surface area is 131 Å². The van der Waals surface area contributed by atoms with E-state index in [0.717, 1.165) is 30.5 Å². The minimum absolute atomic E-state index is 0.0401. The number of nitrogens with zero attached hydrogens (tertiary/aromatic N) is 3. The second-order valence-electron chi connectivity index (χ2n) is 5.12. The van der Waals surface area contributed by atoms with Crippen molar-refractivity contribution in [3.05, 3.63) is 22.3 Å². The summed E-state index contributed by atoms with van der Waals surface area (Å²) in [6, 6.07) is 0.224. The molecule has 1 saturated heterocycles. The van der Waals surface area contributed by atoms with E-state index in [1.807, 2.05) is 6.20 Å². The highest BCUT2D eigenvalue weighted by Gasteiger charge is 2.17. The van der Waals surface area contributed by atoms with Crippen molar-refractivity contribution >= 4 is 33.6 Å². The largest absolute Gasteiger partial charge is 0.353 e. The van der Waals surface area contributed by atoms with Crippen molar-refractivity contribution in [2.24, 2.45) is 0 Å². The molecule has 2 atom stereocenters. The van der Waals surface area contributed by atoms with Crippen LogP contribution in [0.5, 0.6) is 0 Å². The van der Waals surface area contributed by atoms with Crippen LogP contribution >= 0.6 is 22.6 Å². The Kier molecular flexibility index (Phi) is 4.52. The van der Waals surface area contributed by atoms with Gasteiger partial charge < -0.3 is 14.0 Å². The van der Waals surface area contributed by atoms with Gasteiger partial charge >= 0.3 is 0 Å². The Bertz CT molecular complexity index is 581. The SMILES string of the molecule is C[C@H](CO[C@@H]1CCCCO1)n1cc(I)c2cncnc21. The summed E-state index contributed by atoms with van der Waals surface area (Å²) in [5.41, 5.74) is 0.963. The summed E-state index contributed by atoms with van der Waals surface area (Å²) in [7, 11) is 0. The topological polar surface area (TPSA) is 49.2 Å². The quantitative estimate of drug-likeness (QED) is 0.757. The Morgan fingerprint density at radius 1 is 1.55 bits per heavy atom. The second-order valence-corrected chi connectivity index (χ2v) is 6.29. The number of fused-ring (bicyclic) bond motifs is 1. The lowest BCUT2D eigenvalue weighted by molar-refractivity contribution is -0.166. The molecule has 0 radical (unpaired) electrons. The van der Waals surface area contributed by atoms with Crippen LogP contribution in [-0.4, -0.2) is 34.0 Å². The fourth-order valence-corrected chi connectivity index (χ4v) is 3.14. The lowest BCUT2D eigenvalue weighted by Crippen LogP contribution is -2.25. The van der Waals surface area contributed by atoms with E-state index >= 15 is 0 Å². The van der Waals surface area contributed by atoms with E-state index in [1.165, 1.54) is 9.99 Å². The van der Waals surface area contributed by atoms with Crippen LogP contribution in [0.15, 0.2) is 18.7 Å². The maximum Gasteiger partial charge on any atom is 0.157 e. The van der Waals surface area contributed by atoms with Crippen LogP contribution in [-0.2, 0) is 9.47 Å². The lowest BCUT2D eigenvalue weighted by atomic mass is 10.2. The first-order valence-electron chi connectivity index (χ1n) is 6.95. The Morgan fingerprint density at radius 3 is 3.25 bits per heavy atom. The van der Waals surface area contributed by atoms with Crippen molar-refractivity contribution in [2.45, 2.75) is 38.5 Å². The maximum absolute atomic E-state index is 5.87. The molecule has 20 heavy (non-hydrogen) atoms. The molecule has 0 aromatic carbocycles. The van der Waals surface area contributed by atoms with Crippen LogP contribution in [0, 0.1) is 3.57 Å². The van der Waals surface area contributed by atoms with Gasteiger partial charge in [0.15, 0.2) is 6.29 Å². The fraction of sp³-hybridized carbons (Fsp3) is 0.571. The van der Waals surface area contributed by atoms with E-state index in [2.05, 4.69) is 50.2 Å². The first-order valence-corrected chi connectivity index (χ1v) is 8.03. The van der Waals surface area contributed by atoms with Crippen LogP contribution in [0.25, 0.3) is 11.0 Å². The van der Waals surface area contributed by atoms with Gasteiger partial charge in [-0.15, -0.1) is 0 Å². The summed E-state index contributed by atoms with van der Waals surface area (Å²) < 4.78 is 14.8. The molecule has 0 N–H and O–H groups in total. The Morgan fingerprint density at radius 2 is 2.45 bits per heavy atom. The first kappa shape index (κ1) is 14.2. The van der Waals surface area contributed by atoms with Crippen LogP contribution in [0.2, 0.25) is 0 Å². The van der Waals surface area contributed by atoms with Gasteiger partial charge in [-0.25, -0.2) is 9.97 Å². The molecule has 0 unspecified atom stereocenters. The van der Waals surface area contributed by atoms with Crippen LogP contribution in [0.1, 0.15) is 32.2 Å². The number of rotatable bonds is 4. The highest BCUT2D eigenvalue weighted by atomic mass is 127. The fourth-order valence-electron chi connectivity index (χ4n) is 2.46. The third-order valence-electron chi connectivity index (χ3n) is 3.58. The second kappa shape index (κ2) is 6.36.